The zero-order valence-corrected chi connectivity index (χ0v) is 19.5. The van der Waals surface area contributed by atoms with E-state index in [-0.39, 0.29) is 35.4 Å². The number of halogens is 2. The molecular weight excluding hydrogens is 472 g/mol. The Balaban J connectivity index is 1.39. The molecule has 188 valence electrons. The van der Waals surface area contributed by atoms with Crippen LogP contribution >= 0.6 is 0 Å². The summed E-state index contributed by atoms with van der Waals surface area (Å²) in [7, 11) is 0. The van der Waals surface area contributed by atoms with Gasteiger partial charge in [-0.05, 0) is 49.9 Å². The third-order valence-corrected chi connectivity index (χ3v) is 5.86. The lowest BCUT2D eigenvalue weighted by molar-refractivity contribution is -0.0515. The number of alkyl halides is 2. The number of aromatic nitrogens is 1. The van der Waals surface area contributed by atoms with Crippen LogP contribution in [0.1, 0.15) is 47.6 Å². The van der Waals surface area contributed by atoms with Crippen molar-refractivity contribution in [3.63, 3.8) is 0 Å². The molecule has 1 aliphatic rings. The molecule has 4 aromatic rings. The lowest BCUT2D eigenvalue weighted by Crippen LogP contribution is -2.25. The van der Waals surface area contributed by atoms with Gasteiger partial charge in [0.05, 0.1) is 18.9 Å². The molecule has 0 radical (unpaired) electrons. The van der Waals surface area contributed by atoms with Crippen molar-refractivity contribution in [3.8, 4) is 23.0 Å². The first-order valence-corrected chi connectivity index (χ1v) is 11.6. The molecule has 2 heterocycles. The molecule has 1 unspecified atom stereocenters. The van der Waals surface area contributed by atoms with Crippen molar-refractivity contribution in [1.29, 1.82) is 0 Å². The van der Waals surface area contributed by atoms with Crippen LogP contribution in [-0.2, 0) is 6.54 Å². The normalized spacial score (nSPS) is 14.2. The highest BCUT2D eigenvalue weighted by molar-refractivity contribution is 5.94. The zero-order chi connectivity index (χ0) is 25.2. The van der Waals surface area contributed by atoms with Crippen LogP contribution in [0.25, 0.3) is 22.4 Å². The van der Waals surface area contributed by atoms with Gasteiger partial charge < -0.3 is 29.4 Å². The van der Waals surface area contributed by atoms with E-state index in [4.69, 9.17) is 19.3 Å². The van der Waals surface area contributed by atoms with E-state index in [1.54, 1.807) is 13.2 Å². The van der Waals surface area contributed by atoms with E-state index < -0.39 is 18.6 Å². The first kappa shape index (κ1) is 23.8. The molecule has 0 spiro atoms. The average Bonchev–Trinajstić information content (AvgIpc) is 3.42. The SMILES string of the molecule is CC(N)c1oc(-c2ccc(OC(F)F)c(OCC3CC3)c2)nc1C(=O)NCc1coc2ccccc12. The number of ether oxygens (including phenoxy) is 2. The second-order valence-electron chi connectivity index (χ2n) is 8.75. The summed E-state index contributed by atoms with van der Waals surface area (Å²) in [4.78, 5) is 17.4. The highest BCUT2D eigenvalue weighted by Gasteiger charge is 2.26. The molecule has 0 saturated heterocycles. The number of para-hydroxylation sites is 1. The number of carbonyl (C=O) groups is 1. The fourth-order valence-corrected chi connectivity index (χ4v) is 3.79. The molecule has 36 heavy (non-hydrogen) atoms. The topological polar surface area (TPSA) is 113 Å². The first-order valence-electron chi connectivity index (χ1n) is 11.6. The molecule has 8 nitrogen and oxygen atoms in total. The third-order valence-electron chi connectivity index (χ3n) is 5.86. The van der Waals surface area contributed by atoms with Crippen LogP contribution < -0.4 is 20.5 Å². The Kier molecular flexibility index (Phi) is 6.60. The smallest absolute Gasteiger partial charge is 0.387 e. The monoisotopic (exact) mass is 497 g/mol. The minimum atomic E-state index is -2.99. The van der Waals surface area contributed by atoms with Gasteiger partial charge in [-0.15, -0.1) is 0 Å². The molecule has 5 rings (SSSR count). The van der Waals surface area contributed by atoms with E-state index in [1.807, 2.05) is 24.3 Å². The number of hydrogen-bond acceptors (Lipinski definition) is 7. The van der Waals surface area contributed by atoms with Gasteiger partial charge in [0.25, 0.3) is 5.91 Å². The van der Waals surface area contributed by atoms with Crippen molar-refractivity contribution in [2.45, 2.75) is 39.0 Å². The third kappa shape index (κ3) is 5.18. The average molecular weight is 497 g/mol. The number of benzene rings is 2. The largest absolute Gasteiger partial charge is 0.489 e. The van der Waals surface area contributed by atoms with Crippen molar-refractivity contribution in [2.24, 2.45) is 11.7 Å². The van der Waals surface area contributed by atoms with Crippen LogP contribution in [0.15, 0.2) is 57.6 Å². The maximum Gasteiger partial charge on any atom is 0.387 e. The maximum absolute atomic E-state index is 13.0. The summed E-state index contributed by atoms with van der Waals surface area (Å²) < 4.78 is 47.4. The molecule has 1 amide bonds. The number of oxazole rings is 1. The molecule has 2 aromatic heterocycles. The van der Waals surface area contributed by atoms with Gasteiger partial charge in [0.2, 0.25) is 5.89 Å². The summed E-state index contributed by atoms with van der Waals surface area (Å²) in [6.07, 6.45) is 3.67. The Morgan fingerprint density at radius 2 is 2.03 bits per heavy atom. The van der Waals surface area contributed by atoms with Crippen molar-refractivity contribution < 1.29 is 31.9 Å². The first-order chi connectivity index (χ1) is 17.4. The number of fused-ring (bicyclic) bond motifs is 1. The van der Waals surface area contributed by atoms with E-state index in [0.29, 0.717) is 18.1 Å². The van der Waals surface area contributed by atoms with E-state index in [1.165, 1.54) is 18.2 Å². The molecule has 3 N–H and O–H groups in total. The van der Waals surface area contributed by atoms with Crippen LogP contribution in [0.4, 0.5) is 8.78 Å². The predicted octanol–water partition coefficient (Wildman–Crippen LogP) is 5.43. The van der Waals surface area contributed by atoms with Gasteiger partial charge in [-0.25, -0.2) is 4.98 Å². The number of nitrogens with zero attached hydrogens (tertiary/aromatic N) is 1. The van der Waals surface area contributed by atoms with E-state index in [0.717, 1.165) is 29.4 Å². The number of hydrogen-bond donors (Lipinski definition) is 2. The minimum Gasteiger partial charge on any atom is -0.489 e. The number of furan rings is 1. The number of nitrogens with one attached hydrogen (secondary N) is 1. The molecule has 1 saturated carbocycles. The Morgan fingerprint density at radius 1 is 1.22 bits per heavy atom. The Morgan fingerprint density at radius 3 is 2.78 bits per heavy atom. The van der Waals surface area contributed by atoms with Gasteiger partial charge in [0.1, 0.15) is 5.58 Å². The summed E-state index contributed by atoms with van der Waals surface area (Å²) >= 11 is 0. The Hall–Kier alpha value is -3.92. The predicted molar refractivity (Wildman–Crippen MR) is 127 cm³/mol. The van der Waals surface area contributed by atoms with Crippen molar-refractivity contribution in [2.75, 3.05) is 6.61 Å². The Bertz CT molecular complexity index is 1380. The fourth-order valence-electron chi connectivity index (χ4n) is 3.79. The molecule has 2 aromatic carbocycles. The molecule has 1 aliphatic carbocycles. The quantitative estimate of drug-likeness (QED) is 0.300. The highest BCUT2D eigenvalue weighted by Crippen LogP contribution is 2.37. The van der Waals surface area contributed by atoms with Crippen LogP contribution in [0.5, 0.6) is 11.5 Å². The number of rotatable bonds is 10. The molecule has 0 aliphatic heterocycles. The summed E-state index contributed by atoms with van der Waals surface area (Å²) in [6, 6.07) is 11.3. The zero-order valence-electron chi connectivity index (χ0n) is 19.5. The standard InChI is InChI=1S/C26H25F2N3O5/c1-14(29)23-22(24(32)30-11-17-13-34-19-5-3-2-4-18(17)19)31-25(36-23)16-8-9-20(35-26(27)28)21(10-16)33-12-15-6-7-15/h2-5,8-10,13-15,26H,6-7,11-12,29H2,1H3,(H,30,32). The van der Waals surface area contributed by atoms with E-state index in [9.17, 15) is 13.6 Å². The van der Waals surface area contributed by atoms with Crippen LogP contribution in [0, 0.1) is 5.92 Å². The fraction of sp³-hybridized carbons (Fsp3) is 0.308. The summed E-state index contributed by atoms with van der Waals surface area (Å²) in [5.74, 6) is 0.318. The van der Waals surface area contributed by atoms with Crippen LogP contribution in [-0.4, -0.2) is 24.1 Å². The van der Waals surface area contributed by atoms with Gasteiger partial charge in [-0.3, -0.25) is 4.79 Å². The van der Waals surface area contributed by atoms with Crippen molar-refractivity contribution >= 4 is 16.9 Å². The highest BCUT2D eigenvalue weighted by atomic mass is 19.3. The second kappa shape index (κ2) is 9.98. The molecule has 0 bridgehead atoms. The lowest BCUT2D eigenvalue weighted by atomic mass is 10.1. The maximum atomic E-state index is 13.0. The lowest BCUT2D eigenvalue weighted by Gasteiger charge is -2.12. The molecule has 1 atom stereocenters. The summed E-state index contributed by atoms with van der Waals surface area (Å²) in [5.41, 5.74) is 8.07. The molecule has 10 heteroatoms. The summed E-state index contributed by atoms with van der Waals surface area (Å²) in [5, 5.41) is 3.73. The minimum absolute atomic E-state index is 0.0427. The Labute approximate surface area is 205 Å². The van der Waals surface area contributed by atoms with E-state index in [2.05, 4.69) is 15.0 Å². The number of nitrogens with two attached hydrogens (primary N) is 1. The van der Waals surface area contributed by atoms with Gasteiger partial charge >= 0.3 is 6.61 Å². The summed E-state index contributed by atoms with van der Waals surface area (Å²) in [6.45, 7) is -0.701. The van der Waals surface area contributed by atoms with Gasteiger partial charge in [0, 0.05) is 23.1 Å². The van der Waals surface area contributed by atoms with E-state index >= 15 is 0 Å². The van der Waals surface area contributed by atoms with Crippen LogP contribution in [0.3, 0.4) is 0 Å². The second-order valence-corrected chi connectivity index (χ2v) is 8.75. The van der Waals surface area contributed by atoms with Gasteiger partial charge in [-0.1, -0.05) is 18.2 Å². The van der Waals surface area contributed by atoms with Gasteiger partial charge in [0.15, 0.2) is 23.0 Å². The molecular formula is C26H25F2N3O5. The van der Waals surface area contributed by atoms with Crippen LogP contribution in [0.2, 0.25) is 0 Å². The number of carbonyl (C=O) groups excluding carboxylic acids is 1. The number of amides is 1. The van der Waals surface area contributed by atoms with Crippen molar-refractivity contribution in [3.05, 3.63) is 65.7 Å². The van der Waals surface area contributed by atoms with Crippen molar-refractivity contribution in [1.82, 2.24) is 10.3 Å². The molecule has 1 fully saturated rings. The van der Waals surface area contributed by atoms with Gasteiger partial charge in [-0.2, -0.15) is 8.78 Å².